The minimum absolute atomic E-state index is 0.0243. The van der Waals surface area contributed by atoms with Crippen LogP contribution in [0.4, 0.5) is 5.82 Å². The molecule has 2 fully saturated rings. The Balaban J connectivity index is 1.32. The first-order valence-electron chi connectivity index (χ1n) is 9.27. The number of hydrogen-bond acceptors (Lipinski definition) is 5. The number of rotatable bonds is 4. The van der Waals surface area contributed by atoms with Gasteiger partial charge in [-0.3, -0.25) is 4.79 Å². The van der Waals surface area contributed by atoms with Crippen molar-refractivity contribution in [2.45, 2.75) is 50.5 Å². The summed E-state index contributed by atoms with van der Waals surface area (Å²) in [6, 6.07) is 10.2. The summed E-state index contributed by atoms with van der Waals surface area (Å²) in [6.45, 7) is 1.98. The Morgan fingerprint density at radius 2 is 1.85 bits per heavy atom. The van der Waals surface area contributed by atoms with E-state index in [1.807, 2.05) is 19.1 Å². The molecule has 1 aromatic carbocycles. The number of benzene rings is 1. The molecule has 2 heterocycles. The fourth-order valence-corrected chi connectivity index (χ4v) is 3.77. The highest BCUT2D eigenvalue weighted by Crippen LogP contribution is 2.41. The molecule has 0 aliphatic heterocycles. The van der Waals surface area contributed by atoms with Crippen molar-refractivity contribution in [2.75, 3.05) is 5.32 Å². The molecule has 6 nitrogen and oxygen atoms in total. The molecule has 26 heavy (non-hydrogen) atoms. The van der Waals surface area contributed by atoms with Gasteiger partial charge in [0.1, 0.15) is 5.82 Å². The van der Waals surface area contributed by atoms with Crippen LogP contribution in [0.5, 0.6) is 0 Å². The lowest BCUT2D eigenvalue weighted by atomic mass is 9.78. The molecule has 0 unspecified atom stereocenters. The highest BCUT2D eigenvalue weighted by Gasteiger charge is 2.34. The van der Waals surface area contributed by atoms with Crippen molar-refractivity contribution in [3.05, 3.63) is 57.9 Å². The molecule has 2 aromatic heterocycles. The molecule has 0 spiro atoms. The third-order valence-electron chi connectivity index (χ3n) is 5.51. The molecule has 0 bridgehead atoms. The molecular weight excluding hydrogens is 326 g/mol. The second-order valence-electron chi connectivity index (χ2n) is 7.52. The number of hydrogen-bond donors (Lipinski definition) is 2. The van der Waals surface area contributed by atoms with Gasteiger partial charge >= 0.3 is 0 Å². The van der Waals surface area contributed by atoms with Gasteiger partial charge < -0.3 is 10.3 Å². The molecule has 0 atom stereocenters. The van der Waals surface area contributed by atoms with Gasteiger partial charge in [0.05, 0.1) is 11.4 Å². The Morgan fingerprint density at radius 3 is 2.62 bits per heavy atom. The maximum atomic E-state index is 11.9. The highest BCUT2D eigenvalue weighted by atomic mass is 16.1. The van der Waals surface area contributed by atoms with Gasteiger partial charge in [0.15, 0.2) is 5.82 Å². The third kappa shape index (κ3) is 2.75. The van der Waals surface area contributed by atoms with Gasteiger partial charge in [0.2, 0.25) is 0 Å². The van der Waals surface area contributed by atoms with Gasteiger partial charge in [-0.15, -0.1) is 5.10 Å². The number of anilines is 1. The first kappa shape index (κ1) is 15.5. The minimum atomic E-state index is -0.0243. The van der Waals surface area contributed by atoms with Gasteiger partial charge in [0.25, 0.3) is 5.56 Å². The van der Waals surface area contributed by atoms with Crippen LogP contribution in [0.3, 0.4) is 0 Å². The van der Waals surface area contributed by atoms with Crippen LogP contribution in [0.25, 0.3) is 10.8 Å². The summed E-state index contributed by atoms with van der Waals surface area (Å²) in [5.74, 6) is 2.52. The molecule has 2 aliphatic rings. The third-order valence-corrected chi connectivity index (χ3v) is 5.51. The summed E-state index contributed by atoms with van der Waals surface area (Å²) < 4.78 is 0. The topological polar surface area (TPSA) is 83.6 Å². The van der Waals surface area contributed by atoms with E-state index in [-0.39, 0.29) is 5.56 Å². The fourth-order valence-electron chi connectivity index (χ4n) is 3.77. The molecule has 3 aromatic rings. The summed E-state index contributed by atoms with van der Waals surface area (Å²) in [5.41, 5.74) is 1.86. The first-order chi connectivity index (χ1) is 12.7. The molecule has 0 amide bonds. The lowest BCUT2D eigenvalue weighted by molar-refractivity contribution is 0.365. The predicted molar refractivity (Wildman–Crippen MR) is 100 cm³/mol. The Morgan fingerprint density at radius 1 is 1.08 bits per heavy atom. The number of fused-ring (bicyclic) bond motifs is 1. The van der Waals surface area contributed by atoms with Crippen molar-refractivity contribution in [2.24, 2.45) is 0 Å². The molecular formula is C20H21N5O. The number of aryl methyl sites for hydroxylation is 1. The van der Waals surface area contributed by atoms with E-state index in [2.05, 4.69) is 32.6 Å². The summed E-state index contributed by atoms with van der Waals surface area (Å²) in [4.78, 5) is 19.5. The predicted octanol–water partition coefficient (Wildman–Crippen LogP) is 3.26. The van der Waals surface area contributed by atoms with Gasteiger partial charge in [-0.05, 0) is 32.6 Å². The van der Waals surface area contributed by atoms with Crippen LogP contribution < -0.4 is 10.9 Å². The van der Waals surface area contributed by atoms with Crippen LogP contribution in [-0.4, -0.2) is 26.2 Å². The van der Waals surface area contributed by atoms with Gasteiger partial charge in [-0.25, -0.2) is 4.98 Å². The normalized spacial score (nSPS) is 22.2. The molecule has 132 valence electrons. The Kier molecular flexibility index (Phi) is 3.51. The molecule has 0 radical (unpaired) electrons. The molecule has 2 N–H and O–H groups in total. The average Bonchev–Trinajstić information content (AvgIpc) is 3.44. The largest absolute Gasteiger partial charge is 0.365 e. The molecule has 6 heteroatoms. The second-order valence-corrected chi connectivity index (χ2v) is 7.52. The van der Waals surface area contributed by atoms with Crippen LogP contribution in [-0.2, 0) is 0 Å². The summed E-state index contributed by atoms with van der Waals surface area (Å²) >= 11 is 0. The van der Waals surface area contributed by atoms with E-state index in [9.17, 15) is 4.79 Å². The fraction of sp³-hybridized carbons (Fsp3) is 0.400. The lowest BCUT2D eigenvalue weighted by Crippen LogP contribution is -2.35. The van der Waals surface area contributed by atoms with Crippen molar-refractivity contribution >= 4 is 16.6 Å². The van der Waals surface area contributed by atoms with E-state index in [0.29, 0.717) is 17.9 Å². The van der Waals surface area contributed by atoms with Gasteiger partial charge in [-0.2, -0.15) is 5.10 Å². The molecule has 5 rings (SSSR count). The van der Waals surface area contributed by atoms with Gasteiger partial charge in [0, 0.05) is 34.7 Å². The number of nitrogens with zero attached hydrogens (tertiary/aromatic N) is 3. The number of aromatic amines is 1. The number of aromatic nitrogens is 4. The van der Waals surface area contributed by atoms with Gasteiger partial charge in [-0.1, -0.05) is 24.3 Å². The second kappa shape index (κ2) is 5.90. The zero-order valence-corrected chi connectivity index (χ0v) is 14.7. The van der Waals surface area contributed by atoms with E-state index in [0.717, 1.165) is 59.5 Å². The van der Waals surface area contributed by atoms with E-state index in [4.69, 9.17) is 4.98 Å². The molecule has 2 saturated carbocycles. The lowest BCUT2D eigenvalue weighted by Gasteiger charge is -2.36. The summed E-state index contributed by atoms with van der Waals surface area (Å²) in [6.07, 6.45) is 4.20. The highest BCUT2D eigenvalue weighted by molar-refractivity contribution is 5.92. The van der Waals surface area contributed by atoms with E-state index < -0.39 is 0 Å². The van der Waals surface area contributed by atoms with Crippen LogP contribution >= 0.6 is 0 Å². The van der Waals surface area contributed by atoms with Crippen molar-refractivity contribution in [3.8, 4) is 0 Å². The summed E-state index contributed by atoms with van der Waals surface area (Å²) in [5, 5.41) is 14.4. The van der Waals surface area contributed by atoms with E-state index in [1.165, 1.54) is 0 Å². The summed E-state index contributed by atoms with van der Waals surface area (Å²) in [7, 11) is 0. The maximum Gasteiger partial charge on any atom is 0.251 e. The van der Waals surface area contributed by atoms with Crippen molar-refractivity contribution in [3.63, 3.8) is 0 Å². The van der Waals surface area contributed by atoms with Crippen LogP contribution in [0, 0.1) is 6.92 Å². The van der Waals surface area contributed by atoms with Crippen molar-refractivity contribution in [1.29, 1.82) is 0 Å². The molecule has 0 saturated heterocycles. The number of H-pyrrole nitrogens is 1. The maximum absolute atomic E-state index is 11.9. The zero-order valence-electron chi connectivity index (χ0n) is 14.7. The van der Waals surface area contributed by atoms with Crippen molar-refractivity contribution in [1.82, 2.24) is 20.2 Å². The number of nitrogens with one attached hydrogen (secondary N) is 2. The Labute approximate surface area is 151 Å². The van der Waals surface area contributed by atoms with E-state index >= 15 is 0 Å². The van der Waals surface area contributed by atoms with E-state index in [1.54, 1.807) is 6.07 Å². The smallest absolute Gasteiger partial charge is 0.251 e. The molecule has 2 aliphatic carbocycles. The van der Waals surface area contributed by atoms with Crippen LogP contribution in [0.15, 0.2) is 35.1 Å². The SMILES string of the molecule is Cc1nnc(NC2CC(c3cc(=O)[nH]c(C4CC4)n3)C2)c2ccccc12. The minimum Gasteiger partial charge on any atom is -0.365 e. The zero-order chi connectivity index (χ0) is 17.7. The van der Waals surface area contributed by atoms with Crippen LogP contribution in [0.1, 0.15) is 54.7 Å². The average molecular weight is 347 g/mol. The monoisotopic (exact) mass is 347 g/mol. The Bertz CT molecular complexity index is 1030. The van der Waals surface area contributed by atoms with Crippen LogP contribution in [0.2, 0.25) is 0 Å². The quantitative estimate of drug-likeness (QED) is 0.757. The van der Waals surface area contributed by atoms with Crippen molar-refractivity contribution < 1.29 is 0 Å². The standard InChI is InChI=1S/C20H21N5O/c1-11-15-4-2-3-5-16(15)20(25-24-11)21-14-8-13(9-14)17-10-18(26)23-19(22-17)12-6-7-12/h2-5,10,12-14H,6-9H2,1H3,(H,21,25)(H,22,23,26). The Hall–Kier alpha value is -2.76. The first-order valence-corrected chi connectivity index (χ1v) is 9.27.